The lowest BCUT2D eigenvalue weighted by Crippen LogP contribution is -2.58. The molecule has 0 spiro atoms. The zero-order chi connectivity index (χ0) is 76.3. The van der Waals surface area contributed by atoms with E-state index in [1.165, 1.54) is 6.92 Å². The molecule has 29 heteroatoms. The number of quaternary nitrogens is 3. The van der Waals surface area contributed by atoms with Crippen LogP contribution in [0.4, 0.5) is 0 Å². The van der Waals surface area contributed by atoms with Gasteiger partial charge in [-0.25, -0.2) is 0 Å². The predicted octanol–water partition coefficient (Wildman–Crippen LogP) is 5.67. The van der Waals surface area contributed by atoms with Crippen LogP contribution in [0.5, 0.6) is 0 Å². The Morgan fingerprint density at radius 3 is 0.911 bits per heavy atom. The van der Waals surface area contributed by atoms with Gasteiger partial charge in [-0.05, 0) is 69.1 Å². The number of rotatable bonds is 40. The van der Waals surface area contributed by atoms with Crippen LogP contribution in [0, 0.1) is 37.0 Å². The number of nitrogens with zero attached hydrogens (tertiary/aromatic N) is 3. The van der Waals surface area contributed by atoms with Gasteiger partial charge in [0.2, 0.25) is 24.8 Å². The van der Waals surface area contributed by atoms with E-state index in [9.17, 15) is 52.7 Å². The minimum Gasteiger partial charge on any atom is -0.456 e. The number of terminal acetylenes is 3. The Bertz CT molecular complexity index is 2730. The first kappa shape index (κ1) is 91.6. The molecule has 0 saturated carbocycles. The van der Waals surface area contributed by atoms with Crippen molar-refractivity contribution >= 4 is 65.7 Å². The molecule has 0 amide bonds. The molecule has 29 nitrogen and oxygen atoms in total. The largest absolute Gasteiger partial charge is 0.456 e. The number of carbonyl (C=O) groups is 11. The Morgan fingerprint density at radius 2 is 0.584 bits per heavy atom. The molecular weight excluding hydrogens is 1320 g/mol. The summed E-state index contributed by atoms with van der Waals surface area (Å²) in [5.41, 5.74) is 0. The second kappa shape index (κ2) is 49.2. The van der Waals surface area contributed by atoms with Gasteiger partial charge in [-0.3, -0.25) is 52.7 Å². The molecule has 0 radical (unpaired) electrons. The van der Waals surface area contributed by atoms with Crippen molar-refractivity contribution in [1.82, 2.24) is 0 Å². The summed E-state index contributed by atoms with van der Waals surface area (Å²) >= 11 is 0. The zero-order valence-corrected chi connectivity index (χ0v) is 62.4. The molecule has 101 heavy (non-hydrogen) atoms. The average molecular weight is 1440 g/mol. The van der Waals surface area contributed by atoms with E-state index < -0.39 is 139 Å². The van der Waals surface area contributed by atoms with E-state index in [0.29, 0.717) is 104 Å². The Labute approximate surface area is 597 Å². The Kier molecular flexibility index (Phi) is 44.6. The fourth-order valence-electron chi connectivity index (χ4n) is 10.3. The monoisotopic (exact) mass is 1440 g/mol. The van der Waals surface area contributed by atoms with Crippen molar-refractivity contribution in [3.05, 3.63) is 0 Å². The molecule has 0 bridgehead atoms. The third-order valence-corrected chi connectivity index (χ3v) is 15.2. The van der Waals surface area contributed by atoms with E-state index in [-0.39, 0.29) is 71.2 Å². The summed E-state index contributed by atoms with van der Waals surface area (Å²) < 4.78 is 84.6. The lowest BCUT2D eigenvalue weighted by atomic mass is 10.0. The van der Waals surface area contributed by atoms with Crippen LogP contribution in [0.15, 0.2) is 0 Å². The maximum atomic E-state index is 12.6. The first-order valence-corrected chi connectivity index (χ1v) is 35.0. The van der Waals surface area contributed by atoms with Gasteiger partial charge in [-0.1, -0.05) is 41.5 Å². The van der Waals surface area contributed by atoms with Crippen LogP contribution in [0.25, 0.3) is 0 Å². The summed E-state index contributed by atoms with van der Waals surface area (Å²) in [5.74, 6) is 1.76. The van der Waals surface area contributed by atoms with Crippen LogP contribution >= 0.6 is 0 Å². The lowest BCUT2D eigenvalue weighted by Gasteiger charge is -2.40. The third-order valence-electron chi connectivity index (χ3n) is 15.2. The van der Waals surface area contributed by atoms with Crippen LogP contribution in [0.2, 0.25) is 0 Å². The highest BCUT2D eigenvalue weighted by Crippen LogP contribution is 2.30. The first-order valence-electron chi connectivity index (χ1n) is 35.0. The molecule has 572 valence electrons. The van der Waals surface area contributed by atoms with Crippen molar-refractivity contribution in [2.75, 3.05) is 108 Å². The third kappa shape index (κ3) is 38.4. The van der Waals surface area contributed by atoms with Gasteiger partial charge in [0.15, 0.2) is 49.0 Å². The topological polar surface area (TPSA) is 326 Å². The summed E-state index contributed by atoms with van der Waals surface area (Å²) in [6.45, 7) is 18.3. The maximum absolute atomic E-state index is 12.6. The van der Waals surface area contributed by atoms with Crippen LogP contribution < -0.4 is 0 Å². The normalized spacial score (nSPS) is 22.4. The Morgan fingerprint density at radius 1 is 0.327 bits per heavy atom. The van der Waals surface area contributed by atoms with E-state index in [0.717, 1.165) is 33.2 Å². The van der Waals surface area contributed by atoms with Gasteiger partial charge in [0.05, 0.1) is 101 Å². The molecule has 3 saturated heterocycles. The van der Waals surface area contributed by atoms with Gasteiger partial charge >= 0.3 is 65.7 Å². The fourth-order valence-corrected chi connectivity index (χ4v) is 10.3. The molecule has 12 atom stereocenters. The number of ether oxygens (including phenoxy) is 15. The average Bonchev–Trinajstić information content (AvgIpc) is 0.820. The van der Waals surface area contributed by atoms with Gasteiger partial charge in [-0.15, -0.1) is 19.3 Å². The maximum Gasteiger partial charge on any atom is 0.308 e. The van der Waals surface area contributed by atoms with Crippen molar-refractivity contribution < 1.29 is 137 Å². The van der Waals surface area contributed by atoms with Gasteiger partial charge in [-0.2, -0.15) is 0 Å². The standard InChI is InChI=1S/C26H42NO9.C26H44NO8.C20H30NO9/c1-7-12-20(28)33-19-18-32-26(36-23(31)15-11-17-27(5,6)16-10-4)25(35-22(30)14-9-3)24(19)34-21(29)13-8-2;1-7-13-21(28)33-20-19-32-26(31-18-12-11-17-27(5,6)16-10-4)25(35-23(30)15-9-3)24(20)34-22(29)14-8-2;1-7-10-21(5,6)11-8-9-17(25)30-20-19(29-15(4)24)18(28-14(3)23)16(12-26-20)27-13(2)22/h4,19,24-26H,7-9,11-18H2,1-3,5-6H3;4,20,24-26H,7-9,11-19H2,1-3,5-6H3;1,16,18-20H,8-12H2,2-6H3/q3*+1/t19-,24-,25+,26-;20-,24-,25+,26+;16-,18-,19+,20+/m000/s1. The molecule has 3 fully saturated rings. The number of esters is 11. The molecule has 3 heterocycles. The van der Waals surface area contributed by atoms with Crippen molar-refractivity contribution in [3.63, 3.8) is 0 Å². The van der Waals surface area contributed by atoms with E-state index in [4.69, 9.17) is 90.3 Å². The molecule has 3 rings (SSSR count). The van der Waals surface area contributed by atoms with E-state index in [1.54, 1.807) is 0 Å². The Hall–Kier alpha value is -7.43. The molecule has 0 N–H and O–H groups in total. The minimum atomic E-state index is -1.31. The van der Waals surface area contributed by atoms with Crippen LogP contribution in [-0.4, -0.2) is 261 Å². The molecule has 0 aromatic carbocycles. The highest BCUT2D eigenvalue weighted by molar-refractivity contribution is 5.74. The van der Waals surface area contributed by atoms with Gasteiger partial charge in [0, 0.05) is 72.1 Å². The van der Waals surface area contributed by atoms with Crippen LogP contribution in [0.3, 0.4) is 0 Å². The lowest BCUT2D eigenvalue weighted by molar-refractivity contribution is -0.883. The second-order valence-corrected chi connectivity index (χ2v) is 26.6. The summed E-state index contributed by atoms with van der Waals surface area (Å²) in [6, 6.07) is 0. The number of carbonyl (C=O) groups excluding carboxylic acids is 11. The molecular formula is C72H116N3O26+3. The highest BCUT2D eigenvalue weighted by atomic mass is 16.8. The predicted molar refractivity (Wildman–Crippen MR) is 362 cm³/mol. The molecule has 3 aliphatic heterocycles. The summed E-state index contributed by atoms with van der Waals surface area (Å²) in [5, 5.41) is 0. The minimum absolute atomic E-state index is 0.0297. The first-order chi connectivity index (χ1) is 47.7. The highest BCUT2D eigenvalue weighted by Gasteiger charge is 2.52. The van der Waals surface area contributed by atoms with Crippen molar-refractivity contribution in [2.45, 2.75) is 252 Å². The molecule has 0 aromatic heterocycles. The summed E-state index contributed by atoms with van der Waals surface area (Å²) in [7, 11) is 12.0. The van der Waals surface area contributed by atoms with E-state index in [2.05, 4.69) is 31.9 Å². The Balaban J connectivity index is 0.000000761. The molecule has 0 unspecified atom stereocenters. The van der Waals surface area contributed by atoms with Gasteiger partial charge < -0.3 is 84.5 Å². The van der Waals surface area contributed by atoms with E-state index in [1.807, 2.05) is 69.7 Å². The number of unbranched alkanes of at least 4 members (excludes halogenated alkanes) is 1. The fraction of sp³-hybridized carbons (Fsp3) is 0.764. The van der Waals surface area contributed by atoms with Gasteiger partial charge in [0.1, 0.15) is 19.6 Å². The van der Waals surface area contributed by atoms with Crippen molar-refractivity contribution in [2.24, 2.45) is 0 Å². The van der Waals surface area contributed by atoms with E-state index >= 15 is 0 Å². The van der Waals surface area contributed by atoms with Crippen LogP contribution in [0.1, 0.15) is 178 Å². The van der Waals surface area contributed by atoms with Crippen molar-refractivity contribution in [1.29, 1.82) is 0 Å². The van der Waals surface area contributed by atoms with Gasteiger partial charge in [0.25, 0.3) is 0 Å². The molecule has 0 aromatic rings. The SMILES string of the molecule is C#CC[N+](C)(C)CCCC(=O)O[C@@H]1OC[C@H](OC(=O)CCC)[C@H](OC(=O)CCC)[C@H]1OC(=O)CCC.C#CC[N+](C)(C)CCCC(=O)O[C@H]1OC[C@H](OC(C)=O)[C@H](OC(C)=O)[C@H]1OC(C)=O.C#CC[N+](C)(C)CCCCO[C@@H]1OC[C@H](OC(=O)CCC)[C@H](OC(=O)CCC)[C@H]1OC(=O)CCC. The quantitative estimate of drug-likeness (QED) is 0.0234. The summed E-state index contributed by atoms with van der Waals surface area (Å²) in [4.78, 5) is 133. The molecule has 3 aliphatic rings. The second-order valence-electron chi connectivity index (χ2n) is 26.6. The number of hydrogen-bond acceptors (Lipinski definition) is 26. The summed E-state index contributed by atoms with van der Waals surface area (Å²) in [6.07, 6.45) is 9.95. The van der Waals surface area contributed by atoms with Crippen LogP contribution in [-0.2, 0) is 124 Å². The smallest absolute Gasteiger partial charge is 0.308 e. The molecule has 0 aliphatic carbocycles. The zero-order valence-electron chi connectivity index (χ0n) is 62.4. The van der Waals surface area contributed by atoms with Crippen molar-refractivity contribution in [3.8, 4) is 37.0 Å². The number of hydrogen-bond donors (Lipinski definition) is 0.